The van der Waals surface area contributed by atoms with Gasteiger partial charge in [-0.3, -0.25) is 4.79 Å². The Morgan fingerprint density at radius 3 is 2.64 bits per heavy atom. The van der Waals surface area contributed by atoms with Crippen molar-refractivity contribution in [3.63, 3.8) is 0 Å². The number of allylic oxidation sites excluding steroid dienone is 5. The number of rotatable bonds is 5. The number of benzene rings is 1. The quantitative estimate of drug-likeness (QED) is 0.818. The van der Waals surface area contributed by atoms with Crippen LogP contribution < -0.4 is 5.32 Å². The molecule has 2 rings (SSSR count). The number of aliphatic hydroxyl groups excluding tert-OH is 1. The van der Waals surface area contributed by atoms with E-state index >= 15 is 0 Å². The summed E-state index contributed by atoms with van der Waals surface area (Å²) in [6.45, 7) is 10.3. The minimum absolute atomic E-state index is 0.0221. The minimum atomic E-state index is -0.197. The van der Waals surface area contributed by atoms with Crippen molar-refractivity contribution in [1.29, 1.82) is 0 Å². The summed E-state index contributed by atoms with van der Waals surface area (Å²) in [4.78, 5) is 12.4. The third-order valence-electron chi connectivity index (χ3n) is 3.54. The number of carbonyl (C=O) groups is 1. The van der Waals surface area contributed by atoms with E-state index in [4.69, 9.17) is 16.7 Å². The van der Waals surface area contributed by atoms with Crippen molar-refractivity contribution in [3.05, 3.63) is 76.5 Å². The van der Waals surface area contributed by atoms with E-state index in [-0.39, 0.29) is 17.4 Å². The maximum absolute atomic E-state index is 12.4. The molecule has 1 aliphatic carbocycles. The van der Waals surface area contributed by atoms with Crippen molar-refractivity contribution >= 4 is 23.0 Å². The third-order valence-corrected chi connectivity index (χ3v) is 3.92. The van der Waals surface area contributed by atoms with Crippen LogP contribution >= 0.6 is 11.6 Å². The summed E-state index contributed by atoms with van der Waals surface area (Å²) in [7, 11) is 0. The molecule has 0 spiro atoms. The van der Waals surface area contributed by atoms with Crippen molar-refractivity contribution in [2.45, 2.75) is 6.92 Å². The van der Waals surface area contributed by atoms with Gasteiger partial charge >= 0.3 is 0 Å². The molecule has 0 saturated heterocycles. The van der Waals surface area contributed by atoms with E-state index < -0.39 is 0 Å². The SMILES string of the molecule is C=C(NCCO)/C(C)=C/C1=C(Cl)C(=O)c2ccccc2C1=C. The highest BCUT2D eigenvalue weighted by molar-refractivity contribution is 6.48. The van der Waals surface area contributed by atoms with Gasteiger partial charge in [-0.15, -0.1) is 0 Å². The molecule has 1 aliphatic rings. The Morgan fingerprint density at radius 2 is 2.00 bits per heavy atom. The summed E-state index contributed by atoms with van der Waals surface area (Å²) in [5, 5.41) is 12.0. The smallest absolute Gasteiger partial charge is 0.205 e. The van der Waals surface area contributed by atoms with Gasteiger partial charge in [0.1, 0.15) is 0 Å². The van der Waals surface area contributed by atoms with Crippen LogP contribution in [0.1, 0.15) is 22.8 Å². The summed E-state index contributed by atoms with van der Waals surface area (Å²) in [5.74, 6) is -0.197. The van der Waals surface area contributed by atoms with Crippen LogP contribution in [0.3, 0.4) is 0 Å². The second-order valence-electron chi connectivity index (χ2n) is 5.04. The van der Waals surface area contributed by atoms with Crippen molar-refractivity contribution < 1.29 is 9.90 Å². The number of Topliss-reactive ketones (excluding diaryl/α,β-unsaturated/α-hetero) is 1. The summed E-state index contributed by atoms with van der Waals surface area (Å²) in [6, 6.07) is 7.29. The molecule has 4 heteroatoms. The van der Waals surface area contributed by atoms with Gasteiger partial charge in [0.25, 0.3) is 0 Å². The van der Waals surface area contributed by atoms with Crippen LogP contribution in [0.5, 0.6) is 0 Å². The lowest BCUT2D eigenvalue weighted by Gasteiger charge is -2.20. The molecule has 0 saturated carbocycles. The Morgan fingerprint density at radius 1 is 1.36 bits per heavy atom. The number of aliphatic hydroxyl groups is 1. The van der Waals surface area contributed by atoms with E-state index in [0.717, 1.165) is 16.7 Å². The number of hydrogen-bond donors (Lipinski definition) is 2. The zero-order chi connectivity index (χ0) is 16.3. The van der Waals surface area contributed by atoms with Crippen LogP contribution in [-0.4, -0.2) is 24.0 Å². The van der Waals surface area contributed by atoms with Gasteiger partial charge in [0.15, 0.2) is 0 Å². The highest BCUT2D eigenvalue weighted by Crippen LogP contribution is 2.37. The van der Waals surface area contributed by atoms with Gasteiger partial charge in [0, 0.05) is 23.4 Å². The third kappa shape index (κ3) is 3.06. The molecule has 2 N–H and O–H groups in total. The first kappa shape index (κ1) is 16.3. The standard InChI is InChI=1S/C18H18ClNO2/c1-11(13(3)20-8-9-21)10-16-12(2)14-6-4-5-7-15(14)18(22)17(16)19/h4-7,10,20-21H,2-3,8-9H2,1H3/b11-10+. The van der Waals surface area contributed by atoms with E-state index in [1.165, 1.54) is 0 Å². The highest BCUT2D eigenvalue weighted by atomic mass is 35.5. The second kappa shape index (κ2) is 6.77. The molecule has 0 aliphatic heterocycles. The lowest BCUT2D eigenvalue weighted by molar-refractivity contribution is 0.104. The topological polar surface area (TPSA) is 49.3 Å². The fraction of sp³-hybridized carbons (Fsp3) is 0.167. The average molecular weight is 316 g/mol. The Kier molecular flexibility index (Phi) is 5.01. The lowest BCUT2D eigenvalue weighted by Crippen LogP contribution is -2.18. The first-order chi connectivity index (χ1) is 10.5. The maximum Gasteiger partial charge on any atom is 0.205 e. The largest absolute Gasteiger partial charge is 0.395 e. The molecule has 1 aromatic carbocycles. The predicted octanol–water partition coefficient (Wildman–Crippen LogP) is 3.43. The van der Waals surface area contributed by atoms with Gasteiger partial charge in [-0.05, 0) is 29.7 Å². The molecule has 0 radical (unpaired) electrons. The lowest BCUT2D eigenvalue weighted by atomic mass is 9.86. The first-order valence-corrected chi connectivity index (χ1v) is 7.30. The number of halogens is 1. The van der Waals surface area contributed by atoms with Gasteiger partial charge in [0.05, 0.1) is 11.6 Å². The van der Waals surface area contributed by atoms with Gasteiger partial charge in [0.2, 0.25) is 5.78 Å². The predicted molar refractivity (Wildman–Crippen MR) is 90.7 cm³/mol. The summed E-state index contributed by atoms with van der Waals surface area (Å²) in [6.07, 6.45) is 1.80. The Balaban J connectivity index is 2.39. The summed E-state index contributed by atoms with van der Waals surface area (Å²) >= 11 is 6.24. The van der Waals surface area contributed by atoms with E-state index in [1.54, 1.807) is 18.2 Å². The minimum Gasteiger partial charge on any atom is -0.395 e. The van der Waals surface area contributed by atoms with Crippen LogP contribution in [0.15, 0.2) is 65.4 Å². The molecule has 0 unspecified atom stereocenters. The molecule has 22 heavy (non-hydrogen) atoms. The molecule has 0 atom stereocenters. The molecule has 0 amide bonds. The Labute approximate surface area is 135 Å². The summed E-state index contributed by atoms with van der Waals surface area (Å²) in [5.41, 5.74) is 4.19. The number of ketones is 1. The highest BCUT2D eigenvalue weighted by Gasteiger charge is 2.26. The fourth-order valence-electron chi connectivity index (χ4n) is 2.26. The van der Waals surface area contributed by atoms with Crippen LogP contribution in [0.4, 0.5) is 0 Å². The average Bonchev–Trinajstić information content (AvgIpc) is 2.54. The number of carbonyl (C=O) groups excluding carboxylic acids is 1. The van der Waals surface area contributed by atoms with Crippen LogP contribution in [0.2, 0.25) is 0 Å². The Bertz CT molecular complexity index is 714. The van der Waals surface area contributed by atoms with Crippen molar-refractivity contribution in [2.24, 2.45) is 0 Å². The molecule has 114 valence electrons. The molecule has 0 bridgehead atoms. The second-order valence-corrected chi connectivity index (χ2v) is 5.42. The van der Waals surface area contributed by atoms with E-state index in [9.17, 15) is 4.79 Å². The van der Waals surface area contributed by atoms with Gasteiger partial charge in [-0.1, -0.05) is 49.0 Å². The van der Waals surface area contributed by atoms with Crippen molar-refractivity contribution in [2.75, 3.05) is 13.2 Å². The number of hydrogen-bond acceptors (Lipinski definition) is 3. The number of fused-ring (bicyclic) bond motifs is 1. The van der Waals surface area contributed by atoms with Gasteiger partial charge < -0.3 is 10.4 Å². The molecular weight excluding hydrogens is 298 g/mol. The molecule has 0 aromatic heterocycles. The molecule has 0 fully saturated rings. The summed E-state index contributed by atoms with van der Waals surface area (Å²) < 4.78 is 0. The first-order valence-electron chi connectivity index (χ1n) is 6.92. The van der Waals surface area contributed by atoms with Gasteiger partial charge in [-0.2, -0.15) is 0 Å². The van der Waals surface area contributed by atoms with Crippen LogP contribution in [-0.2, 0) is 0 Å². The molecule has 3 nitrogen and oxygen atoms in total. The van der Waals surface area contributed by atoms with E-state index in [2.05, 4.69) is 18.5 Å². The normalized spacial score (nSPS) is 15.0. The molecule has 1 aromatic rings. The maximum atomic E-state index is 12.4. The zero-order valence-corrected chi connectivity index (χ0v) is 13.2. The monoisotopic (exact) mass is 315 g/mol. The van der Waals surface area contributed by atoms with E-state index in [1.807, 2.05) is 19.1 Å². The van der Waals surface area contributed by atoms with Crippen molar-refractivity contribution in [3.8, 4) is 0 Å². The Hall–Kier alpha value is -2.10. The zero-order valence-electron chi connectivity index (χ0n) is 12.4. The fourth-order valence-corrected chi connectivity index (χ4v) is 2.53. The number of nitrogens with one attached hydrogen (secondary N) is 1. The van der Waals surface area contributed by atoms with Crippen LogP contribution in [0, 0.1) is 0 Å². The van der Waals surface area contributed by atoms with E-state index in [0.29, 0.717) is 23.4 Å². The van der Waals surface area contributed by atoms with Crippen LogP contribution in [0.25, 0.3) is 5.57 Å². The molecule has 0 heterocycles. The van der Waals surface area contributed by atoms with Gasteiger partial charge in [-0.25, -0.2) is 0 Å². The van der Waals surface area contributed by atoms with Crippen molar-refractivity contribution in [1.82, 2.24) is 5.32 Å². The molecular formula is C18H18ClNO2.